The zero-order chi connectivity index (χ0) is 14.3. The highest BCUT2D eigenvalue weighted by atomic mass is 16.4. The molecule has 0 bridgehead atoms. The third kappa shape index (κ3) is 2.18. The van der Waals surface area contributed by atoms with Crippen molar-refractivity contribution in [1.29, 1.82) is 0 Å². The van der Waals surface area contributed by atoms with Crippen LogP contribution in [0, 0.1) is 5.92 Å². The van der Waals surface area contributed by atoms with Gasteiger partial charge in [0.2, 0.25) is 5.91 Å². The molecule has 1 saturated heterocycles. The van der Waals surface area contributed by atoms with E-state index < -0.39 is 5.97 Å². The maximum Gasteiger partial charge on any atom is 0.307 e. The number of carbonyl (C=O) groups is 2. The van der Waals surface area contributed by atoms with E-state index in [1.54, 1.807) is 11.9 Å². The van der Waals surface area contributed by atoms with E-state index in [1.165, 1.54) is 5.56 Å². The van der Waals surface area contributed by atoms with Gasteiger partial charge in [0.25, 0.3) is 0 Å². The van der Waals surface area contributed by atoms with Gasteiger partial charge in [-0.2, -0.15) is 0 Å². The highest BCUT2D eigenvalue weighted by Gasteiger charge is 2.31. The number of nitrogens with zero attached hydrogens (tertiary/aromatic N) is 1. The molecule has 1 aromatic rings. The molecule has 5 heteroatoms. The van der Waals surface area contributed by atoms with Gasteiger partial charge in [0, 0.05) is 31.7 Å². The lowest BCUT2D eigenvalue weighted by molar-refractivity contribution is -0.141. The number of nitrogens with one attached hydrogen (secondary N) is 1. The number of carboxylic acid groups (broad SMARTS) is 1. The van der Waals surface area contributed by atoms with Crippen molar-refractivity contribution in [1.82, 2.24) is 5.32 Å². The first-order valence-corrected chi connectivity index (χ1v) is 6.92. The van der Waals surface area contributed by atoms with Gasteiger partial charge in [0.15, 0.2) is 0 Å². The lowest BCUT2D eigenvalue weighted by Gasteiger charge is -2.26. The molecule has 1 aromatic carbocycles. The molecule has 2 aliphatic rings. The molecule has 5 nitrogen and oxygen atoms in total. The van der Waals surface area contributed by atoms with Gasteiger partial charge in [-0.1, -0.05) is 12.1 Å². The number of hydrogen-bond acceptors (Lipinski definition) is 3. The number of hydrogen-bond donors (Lipinski definition) is 2. The second-order valence-corrected chi connectivity index (χ2v) is 5.57. The van der Waals surface area contributed by atoms with E-state index in [2.05, 4.69) is 11.4 Å². The second-order valence-electron chi connectivity index (χ2n) is 5.57. The molecule has 0 aromatic heterocycles. The van der Waals surface area contributed by atoms with Crippen LogP contribution in [-0.4, -0.2) is 30.6 Å². The largest absolute Gasteiger partial charge is 0.481 e. The van der Waals surface area contributed by atoms with Crippen molar-refractivity contribution in [2.24, 2.45) is 5.92 Å². The van der Waals surface area contributed by atoms with Gasteiger partial charge in [-0.15, -0.1) is 0 Å². The van der Waals surface area contributed by atoms with Gasteiger partial charge in [-0.3, -0.25) is 9.59 Å². The van der Waals surface area contributed by atoms with Crippen molar-refractivity contribution >= 4 is 17.6 Å². The third-order valence-electron chi connectivity index (χ3n) is 4.33. The third-order valence-corrected chi connectivity index (χ3v) is 4.33. The zero-order valence-corrected chi connectivity index (χ0v) is 11.4. The average Bonchev–Trinajstić information content (AvgIpc) is 2.92. The molecule has 20 heavy (non-hydrogen) atoms. The summed E-state index contributed by atoms with van der Waals surface area (Å²) in [7, 11) is 1.80. The number of rotatable bonds is 2. The summed E-state index contributed by atoms with van der Waals surface area (Å²) in [6, 6.07) is 6.18. The molecule has 0 radical (unpaired) electrons. The minimum Gasteiger partial charge on any atom is -0.481 e. The van der Waals surface area contributed by atoms with Crippen molar-refractivity contribution in [2.45, 2.75) is 25.3 Å². The molecule has 1 amide bonds. The molecular formula is C15H18N2O3. The Balaban J connectivity index is 1.83. The van der Waals surface area contributed by atoms with Crippen molar-refractivity contribution < 1.29 is 14.7 Å². The van der Waals surface area contributed by atoms with E-state index >= 15 is 0 Å². The quantitative estimate of drug-likeness (QED) is 0.853. The van der Waals surface area contributed by atoms with Crippen LogP contribution in [0.25, 0.3) is 0 Å². The van der Waals surface area contributed by atoms with Crippen LogP contribution < -0.4 is 10.2 Å². The van der Waals surface area contributed by atoms with Crippen LogP contribution in [0.4, 0.5) is 5.69 Å². The molecule has 2 atom stereocenters. The lowest BCUT2D eigenvalue weighted by atomic mass is 9.94. The molecular weight excluding hydrogens is 256 g/mol. The Morgan fingerprint density at radius 1 is 1.40 bits per heavy atom. The zero-order valence-electron chi connectivity index (χ0n) is 11.4. The Morgan fingerprint density at radius 2 is 2.20 bits per heavy atom. The number of benzene rings is 1. The van der Waals surface area contributed by atoms with Crippen LogP contribution in [0.5, 0.6) is 0 Å². The molecule has 106 valence electrons. The van der Waals surface area contributed by atoms with Crippen LogP contribution in [0.15, 0.2) is 18.2 Å². The van der Waals surface area contributed by atoms with Gasteiger partial charge in [-0.05, 0) is 30.0 Å². The maximum atomic E-state index is 11.7. The molecule has 0 aliphatic carbocycles. The first-order chi connectivity index (χ1) is 9.56. The number of carbonyl (C=O) groups excluding carboxylic acids is 1. The Morgan fingerprint density at radius 3 is 2.90 bits per heavy atom. The molecule has 2 unspecified atom stereocenters. The van der Waals surface area contributed by atoms with Crippen molar-refractivity contribution in [3.05, 3.63) is 29.3 Å². The molecule has 2 aliphatic heterocycles. The SMILES string of the molecule is CN1C(=O)CCc2cc(C3CC(C(=O)O)CN3)ccc21. The summed E-state index contributed by atoms with van der Waals surface area (Å²) in [4.78, 5) is 24.4. The van der Waals surface area contributed by atoms with Crippen molar-refractivity contribution in [3.8, 4) is 0 Å². The summed E-state index contributed by atoms with van der Waals surface area (Å²) < 4.78 is 0. The number of amides is 1. The predicted molar refractivity (Wildman–Crippen MR) is 74.7 cm³/mol. The molecule has 2 heterocycles. The molecule has 3 rings (SSSR count). The first-order valence-electron chi connectivity index (χ1n) is 6.92. The lowest BCUT2D eigenvalue weighted by Crippen LogP contribution is -2.31. The number of fused-ring (bicyclic) bond motifs is 1. The summed E-state index contributed by atoms with van der Waals surface area (Å²) >= 11 is 0. The number of anilines is 1. The number of aliphatic carboxylic acids is 1. The Bertz CT molecular complexity index is 570. The predicted octanol–water partition coefficient (Wildman–Crippen LogP) is 1.33. The van der Waals surface area contributed by atoms with E-state index in [4.69, 9.17) is 5.11 Å². The summed E-state index contributed by atoms with van der Waals surface area (Å²) in [6.07, 6.45) is 1.94. The molecule has 2 N–H and O–H groups in total. The summed E-state index contributed by atoms with van der Waals surface area (Å²) in [5.41, 5.74) is 3.26. The van der Waals surface area contributed by atoms with E-state index in [9.17, 15) is 9.59 Å². The van der Waals surface area contributed by atoms with E-state index in [-0.39, 0.29) is 17.9 Å². The highest BCUT2D eigenvalue weighted by molar-refractivity contribution is 5.95. The smallest absolute Gasteiger partial charge is 0.307 e. The first kappa shape index (κ1) is 13.1. The second kappa shape index (κ2) is 4.90. The van der Waals surface area contributed by atoms with Gasteiger partial charge in [0.05, 0.1) is 5.92 Å². The van der Waals surface area contributed by atoms with Crippen LogP contribution in [0.3, 0.4) is 0 Å². The monoisotopic (exact) mass is 274 g/mol. The van der Waals surface area contributed by atoms with Crippen LogP contribution in [0.1, 0.15) is 30.0 Å². The molecule has 0 spiro atoms. The molecule has 1 fully saturated rings. The maximum absolute atomic E-state index is 11.7. The standard InChI is InChI=1S/C15H18N2O3/c1-17-13-4-2-9(6-10(13)3-5-14(17)18)12-7-11(8-16-12)15(19)20/h2,4,6,11-12,16H,3,5,7-8H2,1H3,(H,19,20). The van der Waals surface area contributed by atoms with E-state index in [0.717, 1.165) is 17.7 Å². The summed E-state index contributed by atoms with van der Waals surface area (Å²) in [5, 5.41) is 12.3. The topological polar surface area (TPSA) is 69.6 Å². The Kier molecular flexibility index (Phi) is 3.22. The minimum absolute atomic E-state index is 0.101. The number of carboxylic acids is 1. The van der Waals surface area contributed by atoms with Gasteiger partial charge >= 0.3 is 5.97 Å². The van der Waals surface area contributed by atoms with Gasteiger partial charge < -0.3 is 15.3 Å². The van der Waals surface area contributed by atoms with E-state index in [0.29, 0.717) is 19.4 Å². The van der Waals surface area contributed by atoms with Crippen LogP contribution in [0.2, 0.25) is 0 Å². The normalized spacial score (nSPS) is 25.6. The highest BCUT2D eigenvalue weighted by Crippen LogP contribution is 2.33. The fourth-order valence-electron chi connectivity index (χ4n) is 3.07. The summed E-state index contributed by atoms with van der Waals surface area (Å²) in [6.45, 7) is 0.523. The average molecular weight is 274 g/mol. The summed E-state index contributed by atoms with van der Waals surface area (Å²) in [5.74, 6) is -0.890. The fourth-order valence-corrected chi connectivity index (χ4v) is 3.07. The van der Waals surface area contributed by atoms with Crippen LogP contribution >= 0.6 is 0 Å². The van der Waals surface area contributed by atoms with E-state index in [1.807, 2.05) is 12.1 Å². The van der Waals surface area contributed by atoms with Gasteiger partial charge in [-0.25, -0.2) is 0 Å². The minimum atomic E-state index is -0.733. The van der Waals surface area contributed by atoms with Gasteiger partial charge in [0.1, 0.15) is 0 Å². The Hall–Kier alpha value is -1.88. The molecule has 0 saturated carbocycles. The van der Waals surface area contributed by atoms with Crippen LogP contribution in [-0.2, 0) is 16.0 Å². The number of aryl methyl sites for hydroxylation is 1. The van der Waals surface area contributed by atoms with Crippen molar-refractivity contribution in [3.63, 3.8) is 0 Å². The Labute approximate surface area is 117 Å². The fraction of sp³-hybridized carbons (Fsp3) is 0.467. The van der Waals surface area contributed by atoms with Crippen molar-refractivity contribution in [2.75, 3.05) is 18.5 Å².